The van der Waals surface area contributed by atoms with Crippen LogP contribution in [0.4, 0.5) is 0 Å². The zero-order chi connectivity index (χ0) is 22.4. The van der Waals surface area contributed by atoms with Gasteiger partial charge in [-0.15, -0.1) is 0 Å². The number of aliphatic carboxylic acids is 1. The molecular formula is C24H25NO6. The topological polar surface area (TPSA) is 106 Å². The molecule has 0 spiro atoms. The van der Waals surface area contributed by atoms with Crippen molar-refractivity contribution in [2.24, 2.45) is 0 Å². The standard InChI is InChI=1S/C24H25NO6/c1-3-7-20(23(27)28)25-22(26)14-30-17-10-11-18-15(2)19(24(29)31-21(18)13-17)12-16-8-5-4-6-9-16/h4-6,8-11,13,20H,3,7,12,14H2,1-2H3,(H,25,26)(H,27,28). The van der Waals surface area contributed by atoms with Crippen LogP contribution in [0.25, 0.3) is 11.0 Å². The maximum atomic E-state index is 12.6. The van der Waals surface area contributed by atoms with E-state index < -0.39 is 23.5 Å². The molecule has 162 valence electrons. The van der Waals surface area contributed by atoms with Crippen molar-refractivity contribution in [3.8, 4) is 5.75 Å². The van der Waals surface area contributed by atoms with Gasteiger partial charge in [0.1, 0.15) is 17.4 Å². The molecule has 0 aliphatic heterocycles. The van der Waals surface area contributed by atoms with Crippen molar-refractivity contribution in [2.75, 3.05) is 6.61 Å². The van der Waals surface area contributed by atoms with E-state index in [0.717, 1.165) is 16.5 Å². The van der Waals surface area contributed by atoms with Gasteiger partial charge in [-0.3, -0.25) is 4.79 Å². The Kier molecular flexibility index (Phi) is 7.07. The van der Waals surface area contributed by atoms with Crippen LogP contribution in [0.3, 0.4) is 0 Å². The number of fused-ring (bicyclic) bond motifs is 1. The molecule has 1 heterocycles. The van der Waals surface area contributed by atoms with Gasteiger partial charge in [-0.2, -0.15) is 0 Å². The van der Waals surface area contributed by atoms with Crippen LogP contribution in [-0.2, 0) is 16.0 Å². The Morgan fingerprint density at radius 2 is 1.90 bits per heavy atom. The van der Waals surface area contributed by atoms with Gasteiger partial charge < -0.3 is 19.6 Å². The molecule has 0 aliphatic rings. The van der Waals surface area contributed by atoms with E-state index in [9.17, 15) is 14.4 Å². The van der Waals surface area contributed by atoms with Gasteiger partial charge in [0.2, 0.25) is 0 Å². The van der Waals surface area contributed by atoms with Gasteiger partial charge in [-0.25, -0.2) is 9.59 Å². The number of carboxylic acids is 1. The van der Waals surface area contributed by atoms with Gasteiger partial charge in [-0.05, 0) is 36.6 Å². The number of aryl methyl sites for hydroxylation is 1. The number of rotatable bonds is 9. The minimum absolute atomic E-state index is 0.339. The van der Waals surface area contributed by atoms with Gasteiger partial charge in [0.15, 0.2) is 6.61 Å². The van der Waals surface area contributed by atoms with E-state index in [4.69, 9.17) is 14.3 Å². The number of ether oxygens (including phenoxy) is 1. The van der Waals surface area contributed by atoms with Crippen LogP contribution >= 0.6 is 0 Å². The average Bonchev–Trinajstić information content (AvgIpc) is 2.75. The molecule has 0 radical (unpaired) electrons. The van der Waals surface area contributed by atoms with Crippen LogP contribution in [0.15, 0.2) is 57.7 Å². The van der Waals surface area contributed by atoms with Crippen molar-refractivity contribution in [3.63, 3.8) is 0 Å². The second kappa shape index (κ2) is 9.93. The summed E-state index contributed by atoms with van der Waals surface area (Å²) in [4.78, 5) is 35.7. The lowest BCUT2D eigenvalue weighted by molar-refractivity contribution is -0.142. The molecule has 0 aliphatic carbocycles. The highest BCUT2D eigenvalue weighted by molar-refractivity contribution is 5.85. The lowest BCUT2D eigenvalue weighted by atomic mass is 10.00. The van der Waals surface area contributed by atoms with Crippen molar-refractivity contribution >= 4 is 22.8 Å². The summed E-state index contributed by atoms with van der Waals surface area (Å²) >= 11 is 0. The van der Waals surface area contributed by atoms with Crippen LogP contribution in [0.1, 0.15) is 36.5 Å². The van der Waals surface area contributed by atoms with Crippen LogP contribution in [-0.4, -0.2) is 29.6 Å². The van der Waals surface area contributed by atoms with E-state index in [0.29, 0.717) is 36.2 Å². The summed E-state index contributed by atoms with van der Waals surface area (Å²) in [6.07, 6.45) is 1.45. The third-order valence-corrected chi connectivity index (χ3v) is 5.06. The SMILES string of the molecule is CCCC(NC(=O)COc1ccc2c(C)c(Cc3ccccc3)c(=O)oc2c1)C(=O)O. The lowest BCUT2D eigenvalue weighted by Crippen LogP contribution is -2.42. The molecule has 31 heavy (non-hydrogen) atoms. The first-order chi connectivity index (χ1) is 14.9. The first-order valence-corrected chi connectivity index (χ1v) is 10.1. The smallest absolute Gasteiger partial charge is 0.340 e. The predicted molar refractivity (Wildman–Crippen MR) is 116 cm³/mol. The third kappa shape index (κ3) is 5.51. The Bertz CT molecular complexity index is 1140. The Labute approximate surface area is 179 Å². The van der Waals surface area contributed by atoms with Gasteiger partial charge in [0.05, 0.1) is 0 Å². The molecule has 3 aromatic rings. The minimum Gasteiger partial charge on any atom is -0.484 e. The molecule has 1 atom stereocenters. The monoisotopic (exact) mass is 423 g/mol. The number of carbonyl (C=O) groups is 2. The fraction of sp³-hybridized carbons (Fsp3) is 0.292. The molecule has 2 N–H and O–H groups in total. The number of hydrogen-bond acceptors (Lipinski definition) is 5. The Morgan fingerprint density at radius 1 is 1.16 bits per heavy atom. The molecule has 3 rings (SSSR count). The second-order valence-electron chi connectivity index (χ2n) is 7.35. The van der Waals surface area contributed by atoms with E-state index in [1.807, 2.05) is 44.2 Å². The number of nitrogens with one attached hydrogen (secondary N) is 1. The number of amides is 1. The van der Waals surface area contributed by atoms with Gasteiger partial charge in [0, 0.05) is 23.4 Å². The lowest BCUT2D eigenvalue weighted by Gasteiger charge is -2.14. The highest BCUT2D eigenvalue weighted by Gasteiger charge is 2.19. The molecule has 1 unspecified atom stereocenters. The normalized spacial score (nSPS) is 11.8. The highest BCUT2D eigenvalue weighted by Crippen LogP contribution is 2.25. The van der Waals surface area contributed by atoms with Crippen molar-refractivity contribution in [3.05, 3.63) is 75.6 Å². The number of carboxylic acid groups (broad SMARTS) is 1. The van der Waals surface area contributed by atoms with Crippen molar-refractivity contribution in [1.29, 1.82) is 0 Å². The summed E-state index contributed by atoms with van der Waals surface area (Å²) in [5.41, 5.74) is 2.41. The Morgan fingerprint density at radius 3 is 2.58 bits per heavy atom. The third-order valence-electron chi connectivity index (χ3n) is 5.06. The zero-order valence-electron chi connectivity index (χ0n) is 17.5. The summed E-state index contributed by atoms with van der Waals surface area (Å²) in [5.74, 6) is -1.26. The van der Waals surface area contributed by atoms with Gasteiger partial charge >= 0.3 is 11.6 Å². The van der Waals surface area contributed by atoms with Gasteiger partial charge in [-0.1, -0.05) is 43.7 Å². The van der Waals surface area contributed by atoms with Crippen LogP contribution in [0.5, 0.6) is 5.75 Å². The van der Waals surface area contributed by atoms with E-state index in [1.54, 1.807) is 18.2 Å². The molecule has 1 aromatic heterocycles. The number of hydrogen-bond donors (Lipinski definition) is 2. The largest absolute Gasteiger partial charge is 0.484 e. The number of carbonyl (C=O) groups excluding carboxylic acids is 1. The van der Waals surface area contributed by atoms with E-state index in [-0.39, 0.29) is 6.61 Å². The number of benzene rings is 2. The molecule has 2 aromatic carbocycles. The Balaban J connectivity index is 1.74. The molecule has 0 fully saturated rings. The Hall–Kier alpha value is -3.61. The van der Waals surface area contributed by atoms with Crippen LogP contribution < -0.4 is 15.7 Å². The summed E-state index contributed by atoms with van der Waals surface area (Å²) < 4.78 is 11.0. The molecule has 1 amide bonds. The molecule has 0 bridgehead atoms. The first kappa shape index (κ1) is 22.1. The van der Waals surface area contributed by atoms with Crippen molar-refractivity contribution in [1.82, 2.24) is 5.32 Å². The molecule has 7 nitrogen and oxygen atoms in total. The predicted octanol–water partition coefficient (Wildman–Crippen LogP) is 3.44. The summed E-state index contributed by atoms with van der Waals surface area (Å²) in [6, 6.07) is 13.8. The maximum absolute atomic E-state index is 12.6. The highest BCUT2D eigenvalue weighted by atomic mass is 16.5. The summed E-state index contributed by atoms with van der Waals surface area (Å²) in [5, 5.41) is 12.4. The maximum Gasteiger partial charge on any atom is 0.340 e. The fourth-order valence-corrected chi connectivity index (χ4v) is 3.40. The van der Waals surface area contributed by atoms with E-state index >= 15 is 0 Å². The average molecular weight is 423 g/mol. The molecule has 7 heteroatoms. The first-order valence-electron chi connectivity index (χ1n) is 10.1. The summed E-state index contributed by atoms with van der Waals surface area (Å²) in [7, 11) is 0. The van der Waals surface area contributed by atoms with Crippen molar-refractivity contribution < 1.29 is 23.8 Å². The van der Waals surface area contributed by atoms with E-state index in [1.165, 1.54) is 0 Å². The van der Waals surface area contributed by atoms with Crippen LogP contribution in [0.2, 0.25) is 0 Å². The second-order valence-corrected chi connectivity index (χ2v) is 7.35. The molecule has 0 saturated carbocycles. The van der Waals surface area contributed by atoms with Crippen LogP contribution in [0, 0.1) is 6.92 Å². The summed E-state index contributed by atoms with van der Waals surface area (Å²) in [6.45, 7) is 3.38. The van der Waals surface area contributed by atoms with E-state index in [2.05, 4.69) is 5.32 Å². The molecular weight excluding hydrogens is 398 g/mol. The van der Waals surface area contributed by atoms with Crippen molar-refractivity contribution in [2.45, 2.75) is 39.2 Å². The minimum atomic E-state index is -1.08. The quantitative estimate of drug-likeness (QED) is 0.511. The molecule has 0 saturated heterocycles. The van der Waals surface area contributed by atoms with Gasteiger partial charge in [0.25, 0.3) is 5.91 Å². The zero-order valence-corrected chi connectivity index (χ0v) is 17.5. The fourth-order valence-electron chi connectivity index (χ4n) is 3.40.